The van der Waals surface area contributed by atoms with Crippen molar-refractivity contribution in [3.05, 3.63) is 57.9 Å². The van der Waals surface area contributed by atoms with Crippen LogP contribution >= 0.6 is 15.9 Å². The highest BCUT2D eigenvalue weighted by molar-refractivity contribution is 9.10. The third-order valence-corrected chi connectivity index (χ3v) is 5.43. The molecular weight excluding hydrogens is 380 g/mol. The number of nitrogens with two attached hydrogens (primary N) is 1. The number of aromatic amines is 1. The van der Waals surface area contributed by atoms with E-state index in [1.165, 1.54) is 0 Å². The number of ether oxygens (including phenoxy) is 1. The number of allylic oxidation sites excluding steroid dienone is 3. The minimum atomic E-state index is -0.101. The van der Waals surface area contributed by atoms with E-state index in [4.69, 9.17) is 10.5 Å². The van der Waals surface area contributed by atoms with Crippen molar-refractivity contribution >= 4 is 15.9 Å². The molecule has 0 amide bonds. The van der Waals surface area contributed by atoms with Crippen LogP contribution in [0.5, 0.6) is 5.88 Å². The Kier molecular flexibility index (Phi) is 4.10. The average molecular weight is 397 g/mol. The number of aromatic nitrogens is 2. The van der Waals surface area contributed by atoms with Crippen molar-refractivity contribution in [1.82, 2.24) is 10.2 Å². The molecule has 0 bridgehead atoms. The lowest BCUT2D eigenvalue weighted by Crippen LogP contribution is -2.25. The van der Waals surface area contributed by atoms with E-state index in [1.807, 2.05) is 24.3 Å². The summed E-state index contributed by atoms with van der Waals surface area (Å²) in [4.78, 5) is 0. The largest absolute Gasteiger partial charge is 0.420 e. The van der Waals surface area contributed by atoms with Crippen molar-refractivity contribution in [3.8, 4) is 23.2 Å². The number of H-pyrrole nitrogens is 1. The highest BCUT2D eigenvalue weighted by Crippen LogP contribution is 2.48. The summed E-state index contributed by atoms with van der Waals surface area (Å²) < 4.78 is 6.66. The second-order valence-corrected chi connectivity index (χ2v) is 7.25. The minimum absolute atomic E-state index is 0.101. The molecule has 2 atom stereocenters. The molecule has 1 aromatic heterocycles. The summed E-state index contributed by atoms with van der Waals surface area (Å²) >= 11 is 3.46. The van der Waals surface area contributed by atoms with E-state index in [9.17, 15) is 5.26 Å². The van der Waals surface area contributed by atoms with Crippen LogP contribution in [0.15, 0.2) is 52.3 Å². The summed E-state index contributed by atoms with van der Waals surface area (Å²) in [6.45, 7) is 0. The molecule has 3 N–H and O–H groups in total. The first-order valence-electron chi connectivity index (χ1n) is 8.26. The predicted molar refractivity (Wildman–Crippen MR) is 98.4 cm³/mol. The SMILES string of the molecule is N#CC1=C(N)Oc2n[nH]c(-c3ccc(Br)cc3)c2[C@@H]1[C@@H]1CC=CCC1. The van der Waals surface area contributed by atoms with Crippen molar-refractivity contribution in [2.24, 2.45) is 11.7 Å². The second-order valence-electron chi connectivity index (χ2n) is 6.34. The highest BCUT2D eigenvalue weighted by Gasteiger charge is 2.38. The van der Waals surface area contributed by atoms with Crippen molar-refractivity contribution in [2.45, 2.75) is 25.2 Å². The van der Waals surface area contributed by atoms with Gasteiger partial charge in [-0.15, -0.1) is 5.10 Å². The Bertz CT molecular complexity index is 904. The molecule has 6 heteroatoms. The van der Waals surface area contributed by atoms with E-state index in [0.717, 1.165) is 40.6 Å². The van der Waals surface area contributed by atoms with Crippen molar-refractivity contribution < 1.29 is 4.74 Å². The molecule has 1 aliphatic carbocycles. The second kappa shape index (κ2) is 6.41. The third kappa shape index (κ3) is 2.75. The zero-order chi connectivity index (χ0) is 17.4. The fraction of sp³-hybridized carbons (Fsp3) is 0.263. The summed E-state index contributed by atoms with van der Waals surface area (Å²) in [5.41, 5.74) is 9.37. The quantitative estimate of drug-likeness (QED) is 0.737. The zero-order valence-electron chi connectivity index (χ0n) is 13.5. The number of nitrogens with zero attached hydrogens (tertiary/aromatic N) is 2. The third-order valence-electron chi connectivity index (χ3n) is 4.90. The van der Waals surface area contributed by atoms with Crippen LogP contribution in [0.2, 0.25) is 0 Å². The van der Waals surface area contributed by atoms with Crippen molar-refractivity contribution in [2.75, 3.05) is 0 Å². The van der Waals surface area contributed by atoms with Crippen LogP contribution < -0.4 is 10.5 Å². The van der Waals surface area contributed by atoms with Gasteiger partial charge in [0.15, 0.2) is 0 Å². The Balaban J connectivity index is 1.86. The van der Waals surface area contributed by atoms with Crippen LogP contribution in [-0.2, 0) is 0 Å². The van der Waals surface area contributed by atoms with Gasteiger partial charge in [0.1, 0.15) is 6.07 Å². The smallest absolute Gasteiger partial charge is 0.244 e. The normalized spacial score (nSPS) is 22.2. The molecule has 5 nitrogen and oxygen atoms in total. The van der Waals surface area contributed by atoms with Crippen LogP contribution in [0.3, 0.4) is 0 Å². The molecule has 0 saturated heterocycles. The van der Waals surface area contributed by atoms with Gasteiger partial charge in [0.05, 0.1) is 16.8 Å². The summed E-state index contributed by atoms with van der Waals surface area (Å²) in [6, 6.07) is 10.3. The summed E-state index contributed by atoms with van der Waals surface area (Å²) in [5, 5.41) is 17.1. The van der Waals surface area contributed by atoms with Gasteiger partial charge in [-0.05, 0) is 37.3 Å². The molecule has 0 saturated carbocycles. The van der Waals surface area contributed by atoms with Crippen LogP contribution in [0.4, 0.5) is 0 Å². The molecule has 126 valence electrons. The van der Waals surface area contributed by atoms with Crippen molar-refractivity contribution in [1.29, 1.82) is 5.26 Å². The number of hydrogen-bond acceptors (Lipinski definition) is 4. The minimum Gasteiger partial charge on any atom is -0.420 e. The average Bonchev–Trinajstić information content (AvgIpc) is 3.05. The molecule has 0 spiro atoms. The fourth-order valence-electron chi connectivity index (χ4n) is 3.71. The molecule has 25 heavy (non-hydrogen) atoms. The van der Waals surface area contributed by atoms with Crippen LogP contribution in [-0.4, -0.2) is 10.2 Å². The Morgan fingerprint density at radius 2 is 2.08 bits per heavy atom. The number of halogens is 1. The van der Waals surface area contributed by atoms with Gasteiger partial charge in [0.2, 0.25) is 11.8 Å². The molecule has 1 aliphatic heterocycles. The maximum Gasteiger partial charge on any atom is 0.244 e. The maximum absolute atomic E-state index is 9.70. The van der Waals surface area contributed by atoms with E-state index >= 15 is 0 Å². The maximum atomic E-state index is 9.70. The number of rotatable bonds is 2. The molecule has 2 aromatic rings. The Hall–Kier alpha value is -2.52. The molecule has 2 aliphatic rings. The van der Waals surface area contributed by atoms with E-state index in [1.54, 1.807) is 0 Å². The summed E-state index contributed by atoms with van der Waals surface area (Å²) in [6.07, 6.45) is 7.34. The molecule has 0 fully saturated rings. The Morgan fingerprint density at radius 3 is 2.76 bits per heavy atom. The highest BCUT2D eigenvalue weighted by atomic mass is 79.9. The van der Waals surface area contributed by atoms with Crippen LogP contribution in [0.25, 0.3) is 11.3 Å². The molecule has 4 rings (SSSR count). The van der Waals surface area contributed by atoms with Gasteiger partial charge in [-0.1, -0.05) is 40.2 Å². The number of fused-ring (bicyclic) bond motifs is 1. The summed E-state index contributed by atoms with van der Waals surface area (Å²) in [5.74, 6) is 0.862. The summed E-state index contributed by atoms with van der Waals surface area (Å²) in [7, 11) is 0. The van der Waals surface area contributed by atoms with Gasteiger partial charge in [0.25, 0.3) is 0 Å². The van der Waals surface area contributed by atoms with Gasteiger partial charge in [-0.25, -0.2) is 0 Å². The van der Waals surface area contributed by atoms with Gasteiger partial charge in [0, 0.05) is 16.0 Å². The molecule has 0 radical (unpaired) electrons. The molecular formula is C19H17BrN4O. The topological polar surface area (TPSA) is 87.7 Å². The number of benzene rings is 1. The number of nitrogens with one attached hydrogen (secondary N) is 1. The first-order chi connectivity index (χ1) is 12.2. The molecule has 2 heterocycles. The van der Waals surface area contributed by atoms with Gasteiger partial charge in [-0.2, -0.15) is 5.26 Å². The van der Waals surface area contributed by atoms with Gasteiger partial charge < -0.3 is 10.5 Å². The molecule has 0 unspecified atom stereocenters. The lowest BCUT2D eigenvalue weighted by Gasteiger charge is -2.31. The van der Waals surface area contributed by atoms with E-state index in [0.29, 0.717) is 17.4 Å². The molecule has 1 aromatic carbocycles. The zero-order valence-corrected chi connectivity index (χ0v) is 15.1. The number of nitriles is 1. The van der Waals surface area contributed by atoms with Crippen LogP contribution in [0, 0.1) is 17.2 Å². The van der Waals surface area contributed by atoms with Gasteiger partial charge >= 0.3 is 0 Å². The first kappa shape index (κ1) is 16.0. The Labute approximate surface area is 154 Å². The van der Waals surface area contributed by atoms with Gasteiger partial charge in [-0.3, -0.25) is 5.10 Å². The first-order valence-corrected chi connectivity index (χ1v) is 9.05. The predicted octanol–water partition coefficient (Wildman–Crippen LogP) is 4.37. The number of hydrogen-bond donors (Lipinski definition) is 2. The lowest BCUT2D eigenvalue weighted by atomic mass is 9.74. The van der Waals surface area contributed by atoms with E-state index in [2.05, 4.69) is 44.3 Å². The monoisotopic (exact) mass is 396 g/mol. The standard InChI is InChI=1S/C19H17BrN4O/c20-13-8-6-12(7-9-13)17-16-15(11-4-2-1-3-5-11)14(10-21)18(22)25-19(16)24-23-17/h1-2,6-9,11,15H,3-5,22H2,(H,23,24)/t11-,15-/m1/s1. The Morgan fingerprint density at radius 1 is 1.28 bits per heavy atom. The fourth-order valence-corrected chi connectivity index (χ4v) is 3.97. The van der Waals surface area contributed by atoms with E-state index < -0.39 is 0 Å². The van der Waals surface area contributed by atoms with Crippen molar-refractivity contribution in [3.63, 3.8) is 0 Å². The lowest BCUT2D eigenvalue weighted by molar-refractivity contribution is 0.340. The van der Waals surface area contributed by atoms with Crippen LogP contribution in [0.1, 0.15) is 30.7 Å². The van der Waals surface area contributed by atoms with E-state index in [-0.39, 0.29) is 11.8 Å².